The molecule has 1 aliphatic rings. The number of nitrogens with zero attached hydrogens (tertiary/aromatic N) is 1. The second-order valence-corrected chi connectivity index (χ2v) is 6.88. The quantitative estimate of drug-likeness (QED) is 0.897. The van der Waals surface area contributed by atoms with E-state index in [1.165, 1.54) is 11.3 Å². The molecule has 0 saturated carbocycles. The van der Waals surface area contributed by atoms with Crippen molar-refractivity contribution in [3.8, 4) is 0 Å². The van der Waals surface area contributed by atoms with Crippen molar-refractivity contribution in [2.45, 2.75) is 46.4 Å². The summed E-state index contributed by atoms with van der Waals surface area (Å²) in [5, 5.41) is 4.32. The van der Waals surface area contributed by atoms with Gasteiger partial charge in [0.1, 0.15) is 0 Å². The molecule has 1 aromatic carbocycles. The third-order valence-corrected chi connectivity index (χ3v) is 4.06. The van der Waals surface area contributed by atoms with Crippen LogP contribution in [0.4, 0.5) is 5.69 Å². The van der Waals surface area contributed by atoms with Crippen LogP contribution in [-0.4, -0.2) is 31.8 Å². The minimum Gasteiger partial charge on any atom is -0.375 e. The average molecular weight is 311 g/mol. The Bertz CT molecular complexity index is 464. The second kappa shape index (κ2) is 7.48. The molecule has 1 N–H and O–H groups in total. The van der Waals surface area contributed by atoms with E-state index in [1.54, 1.807) is 0 Å². The van der Waals surface area contributed by atoms with Crippen LogP contribution in [-0.2, 0) is 11.3 Å². The summed E-state index contributed by atoms with van der Waals surface area (Å²) < 4.78 is 5.73. The normalized spacial score (nSPS) is 22.9. The molecule has 2 unspecified atom stereocenters. The second-order valence-electron chi connectivity index (χ2n) is 6.44. The zero-order valence-corrected chi connectivity index (χ0v) is 14.3. The minimum absolute atomic E-state index is 0.272. The molecule has 1 fully saturated rings. The van der Waals surface area contributed by atoms with Crippen LogP contribution >= 0.6 is 11.6 Å². The van der Waals surface area contributed by atoms with Crippen LogP contribution in [0.25, 0.3) is 0 Å². The van der Waals surface area contributed by atoms with Crippen molar-refractivity contribution < 1.29 is 4.74 Å². The van der Waals surface area contributed by atoms with Gasteiger partial charge in [-0.05, 0) is 50.1 Å². The van der Waals surface area contributed by atoms with Crippen LogP contribution in [0.5, 0.6) is 0 Å². The molecular weight excluding hydrogens is 284 g/mol. The fourth-order valence-electron chi connectivity index (χ4n) is 2.71. The van der Waals surface area contributed by atoms with Crippen LogP contribution in [0.1, 0.15) is 33.3 Å². The van der Waals surface area contributed by atoms with E-state index in [9.17, 15) is 0 Å². The summed E-state index contributed by atoms with van der Waals surface area (Å²) in [4.78, 5) is 2.44. The van der Waals surface area contributed by atoms with E-state index in [0.29, 0.717) is 12.0 Å². The SMILES string of the molecule is CC(C)CNCc1cc(Cl)ccc1N1CC(C)OCC1C. The van der Waals surface area contributed by atoms with Crippen molar-refractivity contribution in [3.05, 3.63) is 28.8 Å². The third kappa shape index (κ3) is 4.60. The predicted octanol–water partition coefficient (Wildman–Crippen LogP) is 3.70. The summed E-state index contributed by atoms with van der Waals surface area (Å²) in [6, 6.07) is 6.60. The highest BCUT2D eigenvalue weighted by atomic mass is 35.5. The van der Waals surface area contributed by atoms with Crippen LogP contribution in [0.2, 0.25) is 5.02 Å². The van der Waals surface area contributed by atoms with E-state index in [0.717, 1.165) is 31.3 Å². The lowest BCUT2D eigenvalue weighted by Crippen LogP contribution is -2.47. The molecule has 4 heteroatoms. The number of ether oxygens (including phenoxy) is 1. The number of morpholine rings is 1. The van der Waals surface area contributed by atoms with Gasteiger partial charge in [0.25, 0.3) is 0 Å². The molecule has 0 aromatic heterocycles. The number of rotatable bonds is 5. The van der Waals surface area contributed by atoms with E-state index in [1.807, 2.05) is 6.07 Å². The molecule has 3 nitrogen and oxygen atoms in total. The number of benzene rings is 1. The Morgan fingerprint density at radius 2 is 2.14 bits per heavy atom. The Morgan fingerprint density at radius 1 is 1.38 bits per heavy atom. The molecule has 0 bridgehead atoms. The molecule has 21 heavy (non-hydrogen) atoms. The lowest BCUT2D eigenvalue weighted by atomic mass is 10.1. The first kappa shape index (κ1) is 16.6. The summed E-state index contributed by atoms with van der Waals surface area (Å²) in [6.45, 7) is 12.4. The van der Waals surface area contributed by atoms with E-state index in [2.05, 4.69) is 50.0 Å². The van der Waals surface area contributed by atoms with Crippen LogP contribution in [0.3, 0.4) is 0 Å². The molecule has 0 amide bonds. The highest BCUT2D eigenvalue weighted by Crippen LogP contribution is 2.28. The Balaban J connectivity index is 2.17. The third-order valence-electron chi connectivity index (χ3n) is 3.83. The number of halogens is 1. The molecule has 118 valence electrons. The van der Waals surface area contributed by atoms with Crippen molar-refractivity contribution >= 4 is 17.3 Å². The van der Waals surface area contributed by atoms with Gasteiger partial charge in [0.2, 0.25) is 0 Å². The summed E-state index contributed by atoms with van der Waals surface area (Å²) in [5.41, 5.74) is 2.54. The highest BCUT2D eigenvalue weighted by Gasteiger charge is 2.25. The van der Waals surface area contributed by atoms with Crippen molar-refractivity contribution in [1.29, 1.82) is 0 Å². The summed E-state index contributed by atoms with van der Waals surface area (Å²) in [5.74, 6) is 0.648. The van der Waals surface area contributed by atoms with Crippen molar-refractivity contribution in [1.82, 2.24) is 5.32 Å². The zero-order chi connectivity index (χ0) is 15.4. The molecule has 0 spiro atoms. The summed E-state index contributed by atoms with van der Waals surface area (Å²) in [7, 11) is 0. The predicted molar refractivity (Wildman–Crippen MR) is 90.2 cm³/mol. The molecule has 2 atom stereocenters. The Kier molecular flexibility index (Phi) is 5.91. The van der Waals surface area contributed by atoms with Gasteiger partial charge in [0.05, 0.1) is 12.7 Å². The van der Waals surface area contributed by atoms with Gasteiger partial charge in [-0.2, -0.15) is 0 Å². The van der Waals surface area contributed by atoms with Crippen molar-refractivity contribution in [2.24, 2.45) is 5.92 Å². The number of hydrogen-bond acceptors (Lipinski definition) is 3. The van der Waals surface area contributed by atoms with Gasteiger partial charge in [-0.25, -0.2) is 0 Å². The van der Waals surface area contributed by atoms with E-state index in [-0.39, 0.29) is 6.10 Å². The molecule has 1 saturated heterocycles. The van der Waals surface area contributed by atoms with Crippen molar-refractivity contribution in [2.75, 3.05) is 24.6 Å². The summed E-state index contributed by atoms with van der Waals surface area (Å²) in [6.07, 6.45) is 0.272. The Hall–Kier alpha value is -0.770. The number of nitrogens with one attached hydrogen (secondary N) is 1. The maximum absolute atomic E-state index is 6.19. The Morgan fingerprint density at radius 3 is 2.86 bits per heavy atom. The summed E-state index contributed by atoms with van der Waals surface area (Å²) >= 11 is 6.19. The van der Waals surface area contributed by atoms with Gasteiger partial charge < -0.3 is 15.0 Å². The number of hydrogen-bond donors (Lipinski definition) is 1. The molecule has 1 heterocycles. The Labute approximate surface area is 133 Å². The maximum Gasteiger partial charge on any atom is 0.0723 e. The molecule has 0 aliphatic carbocycles. The van der Waals surface area contributed by atoms with Gasteiger partial charge in [0, 0.05) is 29.8 Å². The first-order chi connectivity index (χ1) is 9.97. The van der Waals surface area contributed by atoms with Gasteiger partial charge in [-0.1, -0.05) is 25.4 Å². The topological polar surface area (TPSA) is 24.5 Å². The van der Waals surface area contributed by atoms with Crippen LogP contribution in [0.15, 0.2) is 18.2 Å². The van der Waals surface area contributed by atoms with Gasteiger partial charge >= 0.3 is 0 Å². The molecule has 2 rings (SSSR count). The monoisotopic (exact) mass is 310 g/mol. The lowest BCUT2D eigenvalue weighted by Gasteiger charge is -2.39. The lowest BCUT2D eigenvalue weighted by molar-refractivity contribution is 0.0343. The maximum atomic E-state index is 6.19. The highest BCUT2D eigenvalue weighted by molar-refractivity contribution is 6.30. The smallest absolute Gasteiger partial charge is 0.0723 e. The fourth-order valence-corrected chi connectivity index (χ4v) is 2.91. The van der Waals surface area contributed by atoms with Gasteiger partial charge in [-0.15, -0.1) is 0 Å². The minimum atomic E-state index is 0.272. The van der Waals surface area contributed by atoms with E-state index < -0.39 is 0 Å². The van der Waals surface area contributed by atoms with Crippen LogP contribution < -0.4 is 10.2 Å². The van der Waals surface area contributed by atoms with Gasteiger partial charge in [-0.3, -0.25) is 0 Å². The van der Waals surface area contributed by atoms with Crippen molar-refractivity contribution in [3.63, 3.8) is 0 Å². The first-order valence-electron chi connectivity index (χ1n) is 7.84. The fraction of sp³-hybridized carbons (Fsp3) is 0.647. The molecule has 1 aliphatic heterocycles. The number of anilines is 1. The van der Waals surface area contributed by atoms with Gasteiger partial charge in [0.15, 0.2) is 0 Å². The molecule has 0 radical (unpaired) electrons. The first-order valence-corrected chi connectivity index (χ1v) is 8.22. The zero-order valence-electron chi connectivity index (χ0n) is 13.5. The largest absolute Gasteiger partial charge is 0.375 e. The van der Waals surface area contributed by atoms with E-state index in [4.69, 9.17) is 16.3 Å². The molecular formula is C17H27ClN2O. The molecule has 1 aromatic rings. The standard InChI is InChI=1S/C17H27ClN2O/c1-12(2)8-19-9-15-7-16(18)5-6-17(15)20-10-14(4)21-11-13(20)3/h5-7,12-14,19H,8-11H2,1-4H3. The average Bonchev–Trinajstić information content (AvgIpc) is 2.42. The van der Waals surface area contributed by atoms with Crippen LogP contribution in [0, 0.1) is 5.92 Å². The van der Waals surface area contributed by atoms with E-state index >= 15 is 0 Å².